The molecule has 1 rings (SSSR count). The molecule has 0 aromatic carbocycles. The Labute approximate surface area is 51.2 Å². The minimum absolute atomic E-state index is 0.00579. The van der Waals surface area contributed by atoms with Gasteiger partial charge in [-0.1, -0.05) is 0 Å². The van der Waals surface area contributed by atoms with Crippen molar-refractivity contribution < 1.29 is 14.3 Å². The van der Waals surface area contributed by atoms with Crippen molar-refractivity contribution in [1.29, 1.82) is 0 Å². The SMILES string of the molecule is NC(=O)C1COC(=O)[N]1. The predicted molar refractivity (Wildman–Crippen MR) is 26.5 cm³/mol. The van der Waals surface area contributed by atoms with E-state index in [-0.39, 0.29) is 6.61 Å². The van der Waals surface area contributed by atoms with Gasteiger partial charge in [-0.2, -0.15) is 5.32 Å². The number of rotatable bonds is 1. The molecule has 5 nitrogen and oxygen atoms in total. The van der Waals surface area contributed by atoms with Crippen LogP contribution in [0, 0.1) is 0 Å². The van der Waals surface area contributed by atoms with E-state index in [0.29, 0.717) is 0 Å². The molecule has 0 aromatic heterocycles. The van der Waals surface area contributed by atoms with Crippen molar-refractivity contribution in [3.05, 3.63) is 0 Å². The minimum Gasteiger partial charge on any atom is -0.445 e. The Morgan fingerprint density at radius 1 is 1.89 bits per heavy atom. The van der Waals surface area contributed by atoms with Crippen molar-refractivity contribution in [2.24, 2.45) is 5.73 Å². The number of cyclic esters (lactones) is 1. The number of primary amides is 1. The summed E-state index contributed by atoms with van der Waals surface area (Å²) in [7, 11) is 0. The molecule has 9 heavy (non-hydrogen) atoms. The predicted octanol–water partition coefficient (Wildman–Crippen LogP) is -1.41. The maximum absolute atomic E-state index is 10.2. The van der Waals surface area contributed by atoms with Crippen LogP contribution in [0.2, 0.25) is 0 Å². The normalized spacial score (nSPS) is 24.9. The molecule has 0 bridgehead atoms. The molecular formula is C4H5N2O3. The lowest BCUT2D eigenvalue weighted by molar-refractivity contribution is -0.119. The molecule has 49 valence electrons. The zero-order valence-electron chi connectivity index (χ0n) is 4.53. The average Bonchev–Trinajstić information content (AvgIpc) is 2.14. The van der Waals surface area contributed by atoms with Crippen molar-refractivity contribution in [2.75, 3.05) is 6.61 Å². The molecule has 1 fully saturated rings. The van der Waals surface area contributed by atoms with Crippen LogP contribution < -0.4 is 11.1 Å². The summed E-state index contributed by atoms with van der Waals surface area (Å²) in [5.74, 6) is -0.624. The van der Waals surface area contributed by atoms with E-state index in [1.54, 1.807) is 0 Å². The summed E-state index contributed by atoms with van der Waals surface area (Å²) in [5.41, 5.74) is 4.80. The third-order valence-corrected chi connectivity index (χ3v) is 0.954. The van der Waals surface area contributed by atoms with Gasteiger partial charge in [0.15, 0.2) is 6.04 Å². The second-order valence-corrected chi connectivity index (χ2v) is 1.62. The molecule has 2 N–H and O–H groups in total. The first kappa shape index (κ1) is 5.87. The van der Waals surface area contributed by atoms with Gasteiger partial charge < -0.3 is 10.5 Å². The standard InChI is InChI=1S/C4H5N2O3/c5-3(7)2-1-9-4(8)6-2/h2H,1H2,(H2,5,7). The summed E-state index contributed by atoms with van der Waals surface area (Å²) in [5, 5.41) is 3.25. The summed E-state index contributed by atoms with van der Waals surface area (Å²) in [6, 6.07) is -0.766. The monoisotopic (exact) mass is 129 g/mol. The van der Waals surface area contributed by atoms with E-state index in [1.807, 2.05) is 0 Å². The van der Waals surface area contributed by atoms with E-state index in [1.165, 1.54) is 0 Å². The first-order valence-corrected chi connectivity index (χ1v) is 2.37. The number of nitrogens with two attached hydrogens (primary N) is 1. The number of amides is 2. The van der Waals surface area contributed by atoms with Gasteiger partial charge in [-0.15, -0.1) is 0 Å². The first-order valence-electron chi connectivity index (χ1n) is 2.37. The molecule has 5 heteroatoms. The lowest BCUT2D eigenvalue weighted by Crippen LogP contribution is -2.34. The van der Waals surface area contributed by atoms with Gasteiger partial charge in [0.05, 0.1) is 0 Å². The maximum Gasteiger partial charge on any atom is 0.429 e. The van der Waals surface area contributed by atoms with Crippen molar-refractivity contribution >= 4 is 12.0 Å². The first-order chi connectivity index (χ1) is 4.20. The van der Waals surface area contributed by atoms with Crippen LogP contribution in [0.4, 0.5) is 4.79 Å². The highest BCUT2D eigenvalue weighted by molar-refractivity contribution is 5.86. The highest BCUT2D eigenvalue weighted by Gasteiger charge is 2.28. The fourth-order valence-electron chi connectivity index (χ4n) is 0.498. The number of hydrogen-bond donors (Lipinski definition) is 1. The highest BCUT2D eigenvalue weighted by Crippen LogP contribution is 1.97. The highest BCUT2D eigenvalue weighted by atomic mass is 16.6. The van der Waals surface area contributed by atoms with Gasteiger partial charge in [0.1, 0.15) is 6.61 Å². The Morgan fingerprint density at radius 2 is 2.56 bits per heavy atom. The molecule has 1 heterocycles. The summed E-state index contributed by atoms with van der Waals surface area (Å²) in [6.45, 7) is -0.00579. The lowest BCUT2D eigenvalue weighted by atomic mass is 10.3. The van der Waals surface area contributed by atoms with Crippen LogP contribution in [-0.4, -0.2) is 24.6 Å². The van der Waals surface area contributed by atoms with Crippen LogP contribution in [0.1, 0.15) is 0 Å². The third-order valence-electron chi connectivity index (χ3n) is 0.954. The van der Waals surface area contributed by atoms with E-state index in [4.69, 9.17) is 5.73 Å². The topological polar surface area (TPSA) is 83.5 Å². The maximum atomic E-state index is 10.2. The van der Waals surface area contributed by atoms with Gasteiger partial charge in [-0.05, 0) is 0 Å². The van der Waals surface area contributed by atoms with Crippen LogP contribution in [0.25, 0.3) is 0 Å². The quantitative estimate of drug-likeness (QED) is 0.472. The van der Waals surface area contributed by atoms with Gasteiger partial charge in [-0.3, -0.25) is 4.79 Å². The molecule has 1 aliphatic heterocycles. The minimum atomic E-state index is -0.766. The van der Waals surface area contributed by atoms with Crippen molar-refractivity contribution in [1.82, 2.24) is 5.32 Å². The average molecular weight is 129 g/mol. The second kappa shape index (κ2) is 1.93. The number of hydrogen-bond acceptors (Lipinski definition) is 3. The number of carbonyl (C=O) groups excluding carboxylic acids is 2. The molecular weight excluding hydrogens is 124 g/mol. The molecule has 0 aromatic rings. The Kier molecular flexibility index (Phi) is 1.26. The van der Waals surface area contributed by atoms with Gasteiger partial charge in [0.2, 0.25) is 5.91 Å². The second-order valence-electron chi connectivity index (χ2n) is 1.62. The van der Waals surface area contributed by atoms with Crippen molar-refractivity contribution in [3.63, 3.8) is 0 Å². The van der Waals surface area contributed by atoms with E-state index in [2.05, 4.69) is 10.1 Å². The van der Waals surface area contributed by atoms with E-state index in [9.17, 15) is 9.59 Å². The Morgan fingerprint density at radius 3 is 2.78 bits per heavy atom. The van der Waals surface area contributed by atoms with Crippen LogP contribution in [-0.2, 0) is 9.53 Å². The van der Waals surface area contributed by atoms with E-state index < -0.39 is 18.0 Å². The van der Waals surface area contributed by atoms with Crippen LogP contribution in [0.5, 0.6) is 0 Å². The molecule has 1 saturated heterocycles. The summed E-state index contributed by atoms with van der Waals surface area (Å²) < 4.78 is 4.32. The zero-order chi connectivity index (χ0) is 6.85. The number of nitrogens with zero attached hydrogens (tertiary/aromatic N) is 1. The van der Waals surface area contributed by atoms with E-state index >= 15 is 0 Å². The molecule has 1 unspecified atom stereocenters. The Bertz CT molecular complexity index is 156. The summed E-state index contributed by atoms with van der Waals surface area (Å²) >= 11 is 0. The molecule has 1 radical (unpaired) electrons. The molecule has 2 amide bonds. The van der Waals surface area contributed by atoms with Crippen LogP contribution in [0.3, 0.4) is 0 Å². The lowest BCUT2D eigenvalue weighted by Gasteiger charge is -1.94. The summed E-state index contributed by atoms with van der Waals surface area (Å²) in [6.07, 6.45) is -0.709. The number of ether oxygens (including phenoxy) is 1. The summed E-state index contributed by atoms with van der Waals surface area (Å²) in [4.78, 5) is 20.4. The third kappa shape index (κ3) is 1.10. The van der Waals surface area contributed by atoms with Gasteiger partial charge in [0, 0.05) is 0 Å². The van der Waals surface area contributed by atoms with Crippen LogP contribution >= 0.6 is 0 Å². The molecule has 0 spiro atoms. The Balaban J connectivity index is 2.48. The van der Waals surface area contributed by atoms with Crippen molar-refractivity contribution in [2.45, 2.75) is 6.04 Å². The van der Waals surface area contributed by atoms with Gasteiger partial charge in [-0.25, -0.2) is 4.79 Å². The molecule has 0 saturated carbocycles. The fourth-order valence-corrected chi connectivity index (χ4v) is 0.498. The molecule has 1 atom stereocenters. The fraction of sp³-hybridized carbons (Fsp3) is 0.500. The zero-order valence-corrected chi connectivity index (χ0v) is 4.53. The van der Waals surface area contributed by atoms with E-state index in [0.717, 1.165) is 0 Å². The van der Waals surface area contributed by atoms with Crippen LogP contribution in [0.15, 0.2) is 0 Å². The van der Waals surface area contributed by atoms with Crippen molar-refractivity contribution in [3.8, 4) is 0 Å². The Hall–Kier alpha value is -1.26. The smallest absolute Gasteiger partial charge is 0.429 e. The molecule has 0 aliphatic carbocycles. The number of carbonyl (C=O) groups is 2. The van der Waals surface area contributed by atoms with Gasteiger partial charge in [0.25, 0.3) is 0 Å². The molecule has 1 aliphatic rings. The largest absolute Gasteiger partial charge is 0.445 e. The van der Waals surface area contributed by atoms with Gasteiger partial charge >= 0.3 is 6.09 Å².